The third-order valence-corrected chi connectivity index (χ3v) is 3.64. The number of likely N-dealkylation sites (N-methyl/N-ethyl adjacent to an activating group) is 1. The van der Waals surface area contributed by atoms with Crippen molar-refractivity contribution in [2.24, 2.45) is 4.99 Å². The van der Waals surface area contributed by atoms with Crippen LogP contribution in [0.2, 0.25) is 0 Å². The summed E-state index contributed by atoms with van der Waals surface area (Å²) in [5.41, 5.74) is 1.06. The molecule has 2 N–H and O–H groups in total. The average Bonchev–Trinajstić information content (AvgIpc) is 2.48. The van der Waals surface area contributed by atoms with E-state index in [0.717, 1.165) is 24.5 Å². The molecule has 2 atom stereocenters. The Kier molecular flexibility index (Phi) is 11.2. The SMILES string of the molecule is CCNC(=NCC(c1ccc(F)cc1)N(C)C)NC(C)CC.I. The predicted octanol–water partition coefficient (Wildman–Crippen LogP) is 3.40. The molecule has 6 heteroatoms. The number of hydrogen-bond acceptors (Lipinski definition) is 2. The molecule has 0 aliphatic rings. The maximum Gasteiger partial charge on any atom is 0.191 e. The fraction of sp³-hybridized carbons (Fsp3) is 0.588. The molecule has 0 radical (unpaired) electrons. The second-order valence-corrected chi connectivity index (χ2v) is 5.70. The van der Waals surface area contributed by atoms with E-state index in [9.17, 15) is 4.39 Å². The highest BCUT2D eigenvalue weighted by Crippen LogP contribution is 2.18. The van der Waals surface area contributed by atoms with Crippen LogP contribution >= 0.6 is 24.0 Å². The van der Waals surface area contributed by atoms with Crippen LogP contribution in [0.4, 0.5) is 4.39 Å². The van der Waals surface area contributed by atoms with Gasteiger partial charge in [-0.25, -0.2) is 4.39 Å². The van der Waals surface area contributed by atoms with Crippen molar-refractivity contribution >= 4 is 29.9 Å². The summed E-state index contributed by atoms with van der Waals surface area (Å²) in [5.74, 6) is 0.613. The van der Waals surface area contributed by atoms with Gasteiger partial charge in [0.15, 0.2) is 5.96 Å². The van der Waals surface area contributed by atoms with Crippen LogP contribution in [0.3, 0.4) is 0 Å². The summed E-state index contributed by atoms with van der Waals surface area (Å²) in [6, 6.07) is 7.14. The van der Waals surface area contributed by atoms with Crippen LogP contribution in [0.5, 0.6) is 0 Å². The number of guanidine groups is 1. The van der Waals surface area contributed by atoms with Gasteiger partial charge in [0.25, 0.3) is 0 Å². The number of hydrogen-bond donors (Lipinski definition) is 2. The molecule has 1 aromatic rings. The Morgan fingerprint density at radius 3 is 2.30 bits per heavy atom. The van der Waals surface area contributed by atoms with Gasteiger partial charge in [0.05, 0.1) is 12.6 Å². The summed E-state index contributed by atoms with van der Waals surface area (Å²) in [7, 11) is 4.02. The van der Waals surface area contributed by atoms with Crippen molar-refractivity contribution in [3.63, 3.8) is 0 Å². The number of benzene rings is 1. The highest BCUT2D eigenvalue weighted by atomic mass is 127. The van der Waals surface area contributed by atoms with E-state index in [-0.39, 0.29) is 35.8 Å². The minimum absolute atomic E-state index is 0. The van der Waals surface area contributed by atoms with Crippen molar-refractivity contribution in [1.29, 1.82) is 0 Å². The van der Waals surface area contributed by atoms with Crippen molar-refractivity contribution in [2.45, 2.75) is 39.3 Å². The van der Waals surface area contributed by atoms with E-state index in [0.29, 0.717) is 12.6 Å². The van der Waals surface area contributed by atoms with Crippen LogP contribution < -0.4 is 10.6 Å². The minimum Gasteiger partial charge on any atom is -0.357 e. The second-order valence-electron chi connectivity index (χ2n) is 5.70. The molecule has 23 heavy (non-hydrogen) atoms. The first kappa shape index (κ1) is 22.1. The summed E-state index contributed by atoms with van der Waals surface area (Å²) in [4.78, 5) is 6.78. The van der Waals surface area contributed by atoms with Crippen LogP contribution in [0.1, 0.15) is 38.8 Å². The van der Waals surface area contributed by atoms with Crippen LogP contribution in [0.15, 0.2) is 29.3 Å². The molecule has 0 aliphatic heterocycles. The number of nitrogens with one attached hydrogen (secondary N) is 2. The van der Waals surface area contributed by atoms with E-state index in [2.05, 4.69) is 41.3 Å². The molecule has 0 aliphatic carbocycles. The molecule has 0 amide bonds. The van der Waals surface area contributed by atoms with E-state index < -0.39 is 0 Å². The Labute approximate surface area is 157 Å². The fourth-order valence-electron chi connectivity index (χ4n) is 2.09. The molecule has 0 saturated carbocycles. The maximum absolute atomic E-state index is 13.1. The molecule has 1 aromatic carbocycles. The second kappa shape index (κ2) is 11.6. The number of aliphatic imine (C=N–C) groups is 1. The molecule has 0 heterocycles. The largest absolute Gasteiger partial charge is 0.357 e. The lowest BCUT2D eigenvalue weighted by atomic mass is 10.1. The van der Waals surface area contributed by atoms with E-state index in [4.69, 9.17) is 0 Å². The summed E-state index contributed by atoms with van der Waals surface area (Å²) in [6.07, 6.45) is 1.04. The van der Waals surface area contributed by atoms with Crippen LogP contribution in [0.25, 0.3) is 0 Å². The van der Waals surface area contributed by atoms with Gasteiger partial charge in [-0.1, -0.05) is 19.1 Å². The summed E-state index contributed by atoms with van der Waals surface area (Å²) in [6.45, 7) is 7.77. The van der Waals surface area contributed by atoms with Crippen LogP contribution in [-0.2, 0) is 0 Å². The number of nitrogens with zero attached hydrogens (tertiary/aromatic N) is 2. The van der Waals surface area contributed by atoms with Crippen LogP contribution in [0, 0.1) is 5.82 Å². The Bertz CT molecular complexity index is 462. The first-order valence-corrected chi connectivity index (χ1v) is 7.94. The topological polar surface area (TPSA) is 39.7 Å². The predicted molar refractivity (Wildman–Crippen MR) is 107 cm³/mol. The Morgan fingerprint density at radius 2 is 1.83 bits per heavy atom. The lowest BCUT2D eigenvalue weighted by Gasteiger charge is -2.24. The average molecular weight is 436 g/mol. The lowest BCUT2D eigenvalue weighted by Crippen LogP contribution is -2.42. The summed E-state index contributed by atoms with van der Waals surface area (Å²) in [5, 5.41) is 6.65. The molecule has 0 spiro atoms. The monoisotopic (exact) mass is 436 g/mol. The molecule has 132 valence electrons. The zero-order chi connectivity index (χ0) is 16.5. The first-order chi connectivity index (χ1) is 10.5. The Hall–Kier alpha value is -0.890. The third kappa shape index (κ3) is 7.97. The zero-order valence-electron chi connectivity index (χ0n) is 14.8. The van der Waals surface area contributed by atoms with Crippen molar-refractivity contribution in [3.05, 3.63) is 35.6 Å². The van der Waals surface area contributed by atoms with Crippen molar-refractivity contribution in [3.8, 4) is 0 Å². The van der Waals surface area contributed by atoms with Gasteiger partial charge >= 0.3 is 0 Å². The van der Waals surface area contributed by atoms with Gasteiger partial charge in [0.2, 0.25) is 0 Å². The highest BCUT2D eigenvalue weighted by molar-refractivity contribution is 14.0. The quantitative estimate of drug-likeness (QED) is 0.391. The van der Waals surface area contributed by atoms with Gasteiger partial charge in [0.1, 0.15) is 5.82 Å². The van der Waals surface area contributed by atoms with Crippen molar-refractivity contribution in [1.82, 2.24) is 15.5 Å². The fourth-order valence-corrected chi connectivity index (χ4v) is 2.09. The minimum atomic E-state index is -0.212. The number of rotatable bonds is 7. The zero-order valence-corrected chi connectivity index (χ0v) is 17.1. The van der Waals surface area contributed by atoms with Gasteiger partial charge in [0, 0.05) is 12.6 Å². The van der Waals surface area contributed by atoms with Crippen LogP contribution in [-0.4, -0.2) is 44.1 Å². The normalized spacial score (nSPS) is 14.1. The molecule has 0 saturated heterocycles. The Morgan fingerprint density at radius 1 is 1.22 bits per heavy atom. The molecular formula is C17H30FIN4. The summed E-state index contributed by atoms with van der Waals surface area (Å²) >= 11 is 0. The van der Waals surface area contributed by atoms with Gasteiger partial charge in [-0.2, -0.15) is 0 Å². The van der Waals surface area contributed by atoms with Gasteiger partial charge in [-0.15, -0.1) is 24.0 Å². The van der Waals surface area contributed by atoms with Gasteiger partial charge in [-0.05, 0) is 52.1 Å². The number of halogens is 2. The van der Waals surface area contributed by atoms with Crippen molar-refractivity contribution in [2.75, 3.05) is 27.2 Å². The third-order valence-electron chi connectivity index (χ3n) is 3.64. The molecule has 0 fully saturated rings. The van der Waals surface area contributed by atoms with E-state index in [1.165, 1.54) is 12.1 Å². The molecule has 0 bridgehead atoms. The van der Waals surface area contributed by atoms with E-state index >= 15 is 0 Å². The Balaban J connectivity index is 0.00000484. The highest BCUT2D eigenvalue weighted by Gasteiger charge is 2.14. The first-order valence-electron chi connectivity index (χ1n) is 7.94. The molecule has 2 unspecified atom stereocenters. The van der Waals surface area contributed by atoms with E-state index in [1.54, 1.807) is 0 Å². The standard InChI is InChI=1S/C17H29FN4.HI/c1-6-13(3)21-17(19-7-2)20-12-16(22(4)5)14-8-10-15(18)11-9-14;/h8-11,13,16H,6-7,12H2,1-5H3,(H2,19,20,21);1H. The maximum atomic E-state index is 13.1. The molecule has 1 rings (SSSR count). The lowest BCUT2D eigenvalue weighted by molar-refractivity contribution is 0.306. The molecule has 4 nitrogen and oxygen atoms in total. The van der Waals surface area contributed by atoms with Gasteiger partial charge in [-0.3, -0.25) is 4.99 Å². The van der Waals surface area contributed by atoms with Crippen molar-refractivity contribution < 1.29 is 4.39 Å². The summed E-state index contributed by atoms with van der Waals surface area (Å²) < 4.78 is 13.1. The molecular weight excluding hydrogens is 406 g/mol. The molecule has 0 aromatic heterocycles. The van der Waals surface area contributed by atoms with E-state index in [1.807, 2.05) is 26.2 Å². The van der Waals surface area contributed by atoms with Gasteiger partial charge < -0.3 is 15.5 Å². The smallest absolute Gasteiger partial charge is 0.191 e.